The number of hydrogen-bond acceptors (Lipinski definition) is 4. The first-order valence-electron chi connectivity index (χ1n) is 8.58. The maximum absolute atomic E-state index is 12.7. The van der Waals surface area contributed by atoms with Crippen LogP contribution < -0.4 is 10.9 Å². The zero-order valence-corrected chi connectivity index (χ0v) is 16.3. The normalized spacial score (nSPS) is 10.6. The molecule has 3 aromatic rings. The van der Waals surface area contributed by atoms with Gasteiger partial charge in [0, 0.05) is 23.8 Å². The minimum atomic E-state index is -0.231. The van der Waals surface area contributed by atoms with Gasteiger partial charge in [-0.25, -0.2) is 4.98 Å². The summed E-state index contributed by atoms with van der Waals surface area (Å²) < 4.78 is 1.54. The summed E-state index contributed by atoms with van der Waals surface area (Å²) in [5, 5.41) is 3.16. The Balaban J connectivity index is 1.70. The Hall–Kier alpha value is -2.86. The van der Waals surface area contributed by atoms with Gasteiger partial charge in [-0.3, -0.25) is 14.2 Å². The second-order valence-electron chi connectivity index (χ2n) is 6.38. The lowest BCUT2D eigenvalue weighted by molar-refractivity contribution is -0.113. The van der Waals surface area contributed by atoms with E-state index in [1.165, 1.54) is 10.1 Å². The second-order valence-corrected chi connectivity index (χ2v) is 7.34. The Morgan fingerprint density at radius 3 is 2.52 bits per heavy atom. The summed E-state index contributed by atoms with van der Waals surface area (Å²) in [7, 11) is 0. The zero-order chi connectivity index (χ0) is 19.4. The van der Waals surface area contributed by atoms with Crippen LogP contribution in [0.15, 0.2) is 64.7 Å². The minimum absolute atomic E-state index is 0.118. The highest BCUT2D eigenvalue weighted by molar-refractivity contribution is 7.99. The molecule has 6 heteroatoms. The molecule has 3 rings (SSSR count). The summed E-state index contributed by atoms with van der Waals surface area (Å²) in [4.78, 5) is 29.0. The maximum atomic E-state index is 12.7. The van der Waals surface area contributed by atoms with Gasteiger partial charge in [0.25, 0.3) is 5.56 Å². The van der Waals surface area contributed by atoms with Crippen molar-refractivity contribution in [2.75, 3.05) is 11.1 Å². The van der Waals surface area contributed by atoms with E-state index in [0.717, 1.165) is 34.3 Å². The number of aryl methyl sites for hydroxylation is 3. The molecule has 1 aromatic heterocycles. The van der Waals surface area contributed by atoms with Crippen molar-refractivity contribution >= 4 is 23.4 Å². The number of thioether (sulfide) groups is 1. The molecule has 0 fully saturated rings. The van der Waals surface area contributed by atoms with Crippen molar-refractivity contribution in [3.8, 4) is 5.69 Å². The van der Waals surface area contributed by atoms with E-state index in [1.807, 2.05) is 63.2 Å². The van der Waals surface area contributed by atoms with Gasteiger partial charge in [0.2, 0.25) is 5.91 Å². The molecule has 0 saturated carbocycles. The van der Waals surface area contributed by atoms with Crippen LogP contribution in [-0.4, -0.2) is 21.2 Å². The number of aromatic nitrogens is 2. The minimum Gasteiger partial charge on any atom is -0.325 e. The Labute approximate surface area is 162 Å². The number of nitrogens with one attached hydrogen (secondary N) is 1. The highest BCUT2D eigenvalue weighted by Crippen LogP contribution is 2.16. The number of amides is 1. The summed E-state index contributed by atoms with van der Waals surface area (Å²) in [5.41, 5.74) is 4.71. The largest absolute Gasteiger partial charge is 0.325 e. The summed E-state index contributed by atoms with van der Waals surface area (Å²) in [6.07, 6.45) is 3.21. The standard InChI is InChI=1S/C21H21N3O2S/c1-14-4-8-18(9-5-14)24-11-10-22-20(21(24)26)27-13-19(25)23-17-7-6-15(2)16(3)12-17/h4-12H,13H2,1-3H3,(H,23,25). The lowest BCUT2D eigenvalue weighted by Gasteiger charge is -2.09. The molecule has 0 aliphatic rings. The highest BCUT2D eigenvalue weighted by Gasteiger charge is 2.10. The Morgan fingerprint density at radius 1 is 1.07 bits per heavy atom. The number of anilines is 1. The predicted molar refractivity (Wildman–Crippen MR) is 110 cm³/mol. The fourth-order valence-electron chi connectivity index (χ4n) is 2.55. The third-order valence-corrected chi connectivity index (χ3v) is 5.21. The van der Waals surface area contributed by atoms with Crippen molar-refractivity contribution in [3.63, 3.8) is 0 Å². The van der Waals surface area contributed by atoms with Gasteiger partial charge in [-0.05, 0) is 56.2 Å². The molecule has 0 radical (unpaired) electrons. The van der Waals surface area contributed by atoms with E-state index in [-0.39, 0.29) is 17.2 Å². The average Bonchev–Trinajstić information content (AvgIpc) is 2.65. The van der Waals surface area contributed by atoms with E-state index >= 15 is 0 Å². The number of carbonyl (C=O) groups is 1. The van der Waals surface area contributed by atoms with Crippen LogP contribution in [0.2, 0.25) is 0 Å². The Kier molecular flexibility index (Phi) is 5.76. The summed E-state index contributed by atoms with van der Waals surface area (Å²) in [6.45, 7) is 6.02. The van der Waals surface area contributed by atoms with Gasteiger partial charge < -0.3 is 5.32 Å². The van der Waals surface area contributed by atoms with E-state index in [0.29, 0.717) is 5.03 Å². The molecule has 0 spiro atoms. The molecule has 2 aromatic carbocycles. The molecule has 138 valence electrons. The Bertz CT molecular complexity index is 1030. The van der Waals surface area contributed by atoms with Crippen LogP contribution in [0.5, 0.6) is 0 Å². The molecule has 0 atom stereocenters. The average molecular weight is 379 g/mol. The van der Waals surface area contributed by atoms with Crippen molar-refractivity contribution in [1.82, 2.24) is 9.55 Å². The van der Waals surface area contributed by atoms with E-state index < -0.39 is 0 Å². The molecule has 5 nitrogen and oxygen atoms in total. The quantitative estimate of drug-likeness (QED) is 0.683. The zero-order valence-electron chi connectivity index (χ0n) is 15.5. The van der Waals surface area contributed by atoms with Crippen LogP contribution in [0.4, 0.5) is 5.69 Å². The summed E-state index contributed by atoms with van der Waals surface area (Å²) >= 11 is 1.14. The molecule has 0 saturated heterocycles. The third-order valence-electron chi connectivity index (χ3n) is 4.25. The van der Waals surface area contributed by atoms with E-state index in [9.17, 15) is 9.59 Å². The van der Waals surface area contributed by atoms with E-state index in [2.05, 4.69) is 10.3 Å². The van der Waals surface area contributed by atoms with Gasteiger partial charge >= 0.3 is 0 Å². The summed E-state index contributed by atoms with van der Waals surface area (Å²) in [5.74, 6) is -0.0530. The van der Waals surface area contributed by atoms with Gasteiger partial charge in [-0.2, -0.15) is 0 Å². The Morgan fingerprint density at radius 2 is 1.81 bits per heavy atom. The molecular formula is C21H21N3O2S. The SMILES string of the molecule is Cc1ccc(-n2ccnc(SCC(=O)Nc3ccc(C)c(C)c3)c2=O)cc1. The third kappa shape index (κ3) is 4.65. The molecule has 0 aliphatic heterocycles. The van der Waals surface area contributed by atoms with Gasteiger partial charge in [0.1, 0.15) is 0 Å². The molecule has 27 heavy (non-hydrogen) atoms. The molecular weight excluding hydrogens is 358 g/mol. The number of hydrogen-bond donors (Lipinski definition) is 1. The van der Waals surface area contributed by atoms with Crippen LogP contribution in [-0.2, 0) is 4.79 Å². The number of rotatable bonds is 5. The molecule has 1 N–H and O–H groups in total. The number of benzene rings is 2. The first-order valence-corrected chi connectivity index (χ1v) is 9.57. The molecule has 1 heterocycles. The van der Waals surface area contributed by atoms with Gasteiger partial charge in [-0.15, -0.1) is 0 Å². The number of carbonyl (C=O) groups excluding carboxylic acids is 1. The second kappa shape index (κ2) is 8.22. The fourth-order valence-corrected chi connectivity index (χ4v) is 3.25. The van der Waals surface area contributed by atoms with Crippen LogP contribution >= 0.6 is 11.8 Å². The van der Waals surface area contributed by atoms with Crippen molar-refractivity contribution in [2.24, 2.45) is 0 Å². The lowest BCUT2D eigenvalue weighted by atomic mass is 10.1. The molecule has 0 aliphatic carbocycles. The monoisotopic (exact) mass is 379 g/mol. The van der Waals surface area contributed by atoms with Crippen molar-refractivity contribution in [2.45, 2.75) is 25.8 Å². The van der Waals surface area contributed by atoms with Crippen LogP contribution in [0.25, 0.3) is 5.69 Å². The fraction of sp³-hybridized carbons (Fsp3) is 0.190. The van der Waals surface area contributed by atoms with Gasteiger partial charge in [0.05, 0.1) is 5.75 Å². The van der Waals surface area contributed by atoms with Crippen LogP contribution in [0, 0.1) is 20.8 Å². The first-order chi connectivity index (χ1) is 12.9. The molecule has 1 amide bonds. The summed E-state index contributed by atoms with van der Waals surface area (Å²) in [6, 6.07) is 13.4. The van der Waals surface area contributed by atoms with Crippen molar-refractivity contribution in [1.29, 1.82) is 0 Å². The van der Waals surface area contributed by atoms with E-state index in [4.69, 9.17) is 0 Å². The van der Waals surface area contributed by atoms with Crippen LogP contribution in [0.3, 0.4) is 0 Å². The van der Waals surface area contributed by atoms with Crippen molar-refractivity contribution < 1.29 is 4.79 Å². The first kappa shape index (κ1) is 18.9. The van der Waals surface area contributed by atoms with Gasteiger partial charge in [0.15, 0.2) is 5.03 Å². The molecule has 0 unspecified atom stereocenters. The maximum Gasteiger partial charge on any atom is 0.287 e. The lowest BCUT2D eigenvalue weighted by Crippen LogP contribution is -2.22. The van der Waals surface area contributed by atoms with Crippen molar-refractivity contribution in [3.05, 3.63) is 81.9 Å². The van der Waals surface area contributed by atoms with Gasteiger partial charge in [-0.1, -0.05) is 35.5 Å². The smallest absolute Gasteiger partial charge is 0.287 e. The van der Waals surface area contributed by atoms with Crippen LogP contribution in [0.1, 0.15) is 16.7 Å². The highest BCUT2D eigenvalue weighted by atomic mass is 32.2. The number of nitrogens with zero attached hydrogens (tertiary/aromatic N) is 2. The topological polar surface area (TPSA) is 64.0 Å². The molecule has 0 bridgehead atoms. The van der Waals surface area contributed by atoms with E-state index in [1.54, 1.807) is 12.4 Å². The predicted octanol–water partition coefficient (Wildman–Crippen LogP) is 3.89.